The van der Waals surface area contributed by atoms with E-state index in [1.165, 1.54) is 24.4 Å². The molecule has 100 valence electrons. The normalized spacial score (nSPS) is 11.3. The minimum Gasteiger partial charge on any atom is -0.397 e. The number of anilines is 2. The van der Waals surface area contributed by atoms with Gasteiger partial charge in [-0.25, -0.2) is 13.4 Å². The Morgan fingerprint density at radius 1 is 1.32 bits per heavy atom. The van der Waals surface area contributed by atoms with Crippen LogP contribution in [0.4, 0.5) is 11.5 Å². The van der Waals surface area contributed by atoms with Crippen LogP contribution in [0.2, 0.25) is 5.02 Å². The van der Waals surface area contributed by atoms with Crippen LogP contribution in [-0.2, 0) is 10.0 Å². The SMILES string of the molecule is Nc1cc(S(=O)(=O)Nc2ncccc2Br)ccc1Cl. The van der Waals surface area contributed by atoms with Gasteiger partial charge >= 0.3 is 0 Å². The summed E-state index contributed by atoms with van der Waals surface area (Å²) < 4.78 is 27.2. The highest BCUT2D eigenvalue weighted by Gasteiger charge is 2.17. The Balaban J connectivity index is 2.38. The van der Waals surface area contributed by atoms with E-state index in [0.717, 1.165) is 0 Å². The van der Waals surface area contributed by atoms with E-state index >= 15 is 0 Å². The monoisotopic (exact) mass is 361 g/mol. The molecule has 8 heteroatoms. The molecule has 1 heterocycles. The topological polar surface area (TPSA) is 85.1 Å². The fraction of sp³-hybridized carbons (Fsp3) is 0. The first-order valence-electron chi connectivity index (χ1n) is 5.08. The zero-order valence-electron chi connectivity index (χ0n) is 9.47. The molecule has 0 bridgehead atoms. The summed E-state index contributed by atoms with van der Waals surface area (Å²) in [7, 11) is -3.76. The largest absolute Gasteiger partial charge is 0.397 e. The number of nitrogen functional groups attached to an aromatic ring is 1. The Hall–Kier alpha value is -1.31. The third-order valence-electron chi connectivity index (χ3n) is 2.27. The maximum absolute atomic E-state index is 12.1. The highest BCUT2D eigenvalue weighted by molar-refractivity contribution is 9.10. The second-order valence-electron chi connectivity index (χ2n) is 3.62. The zero-order chi connectivity index (χ0) is 14.0. The van der Waals surface area contributed by atoms with Crippen molar-refractivity contribution in [3.8, 4) is 0 Å². The van der Waals surface area contributed by atoms with Gasteiger partial charge in [0.15, 0.2) is 5.82 Å². The molecule has 1 aromatic heterocycles. The second kappa shape index (κ2) is 5.36. The van der Waals surface area contributed by atoms with E-state index in [1.807, 2.05) is 0 Å². The van der Waals surface area contributed by atoms with Crippen molar-refractivity contribution in [1.29, 1.82) is 0 Å². The Morgan fingerprint density at radius 2 is 2.05 bits per heavy atom. The Bertz CT molecular complexity index is 722. The van der Waals surface area contributed by atoms with Gasteiger partial charge in [0, 0.05) is 6.20 Å². The predicted molar refractivity (Wildman–Crippen MR) is 78.6 cm³/mol. The number of nitrogens with one attached hydrogen (secondary N) is 1. The fourth-order valence-corrected chi connectivity index (χ4v) is 3.00. The number of aromatic nitrogens is 1. The van der Waals surface area contributed by atoms with E-state index in [-0.39, 0.29) is 16.4 Å². The molecule has 0 radical (unpaired) electrons. The lowest BCUT2D eigenvalue weighted by Gasteiger charge is -2.09. The first-order valence-corrected chi connectivity index (χ1v) is 7.74. The van der Waals surface area contributed by atoms with Crippen LogP contribution in [0.1, 0.15) is 0 Å². The number of sulfonamides is 1. The van der Waals surface area contributed by atoms with E-state index in [9.17, 15) is 8.42 Å². The molecule has 0 saturated heterocycles. The molecule has 0 fully saturated rings. The van der Waals surface area contributed by atoms with Crippen LogP contribution in [0.5, 0.6) is 0 Å². The lowest BCUT2D eigenvalue weighted by atomic mass is 10.3. The highest BCUT2D eigenvalue weighted by atomic mass is 79.9. The number of pyridine rings is 1. The van der Waals surface area contributed by atoms with Gasteiger partial charge < -0.3 is 5.73 Å². The summed E-state index contributed by atoms with van der Waals surface area (Å²) in [5.74, 6) is 0.205. The Kier molecular flexibility index (Phi) is 3.98. The smallest absolute Gasteiger partial charge is 0.263 e. The first-order chi connectivity index (χ1) is 8.90. The first kappa shape index (κ1) is 14.1. The molecular formula is C11H9BrClN3O2S. The molecule has 0 amide bonds. The lowest BCUT2D eigenvalue weighted by molar-refractivity contribution is 0.601. The van der Waals surface area contributed by atoms with Crippen LogP contribution in [0.15, 0.2) is 45.9 Å². The molecular weight excluding hydrogens is 354 g/mol. The van der Waals surface area contributed by atoms with Gasteiger partial charge in [0.25, 0.3) is 10.0 Å². The van der Waals surface area contributed by atoms with E-state index in [0.29, 0.717) is 9.50 Å². The van der Waals surface area contributed by atoms with Gasteiger partial charge in [0.05, 0.1) is 20.1 Å². The molecule has 0 saturated carbocycles. The number of benzene rings is 1. The second-order valence-corrected chi connectivity index (χ2v) is 6.57. The van der Waals surface area contributed by atoms with Gasteiger partial charge in [-0.2, -0.15) is 0 Å². The van der Waals surface area contributed by atoms with Crippen molar-refractivity contribution in [1.82, 2.24) is 4.98 Å². The molecule has 5 nitrogen and oxygen atoms in total. The average molecular weight is 363 g/mol. The molecule has 2 rings (SSSR count). The molecule has 0 unspecified atom stereocenters. The van der Waals surface area contributed by atoms with Gasteiger partial charge in [0.1, 0.15) is 0 Å². The summed E-state index contributed by atoms with van der Waals surface area (Å²) in [6.07, 6.45) is 1.48. The number of rotatable bonds is 3. The summed E-state index contributed by atoms with van der Waals surface area (Å²) >= 11 is 8.97. The Labute approximate surface area is 124 Å². The molecule has 0 aliphatic heterocycles. The van der Waals surface area contributed by atoms with Crippen LogP contribution >= 0.6 is 27.5 Å². The third-order valence-corrected chi connectivity index (χ3v) is 4.59. The van der Waals surface area contributed by atoms with Crippen molar-refractivity contribution >= 4 is 49.1 Å². The molecule has 0 aliphatic carbocycles. The number of nitrogens with zero attached hydrogens (tertiary/aromatic N) is 1. The summed E-state index contributed by atoms with van der Waals surface area (Å²) in [5, 5.41) is 0.304. The molecule has 0 atom stereocenters. The Morgan fingerprint density at radius 3 is 2.68 bits per heavy atom. The van der Waals surface area contributed by atoms with Gasteiger partial charge in [-0.15, -0.1) is 0 Å². The third kappa shape index (κ3) is 3.17. The highest BCUT2D eigenvalue weighted by Crippen LogP contribution is 2.25. The van der Waals surface area contributed by atoms with Crippen LogP contribution in [0, 0.1) is 0 Å². The fourth-order valence-electron chi connectivity index (χ4n) is 1.34. The van der Waals surface area contributed by atoms with Crippen molar-refractivity contribution in [2.24, 2.45) is 0 Å². The summed E-state index contributed by atoms with van der Waals surface area (Å²) in [4.78, 5) is 3.95. The zero-order valence-corrected chi connectivity index (χ0v) is 12.6. The van der Waals surface area contributed by atoms with Gasteiger partial charge in [0.2, 0.25) is 0 Å². The summed E-state index contributed by atoms with van der Waals surface area (Å²) in [6, 6.07) is 7.46. The van der Waals surface area contributed by atoms with Crippen molar-refractivity contribution in [3.05, 3.63) is 46.0 Å². The summed E-state index contributed by atoms with van der Waals surface area (Å²) in [5.41, 5.74) is 5.79. The van der Waals surface area contributed by atoms with Crippen molar-refractivity contribution in [2.45, 2.75) is 4.90 Å². The maximum atomic E-state index is 12.1. The van der Waals surface area contributed by atoms with Gasteiger partial charge in [-0.3, -0.25) is 4.72 Å². The van der Waals surface area contributed by atoms with E-state index in [4.69, 9.17) is 17.3 Å². The average Bonchev–Trinajstić information content (AvgIpc) is 2.35. The quantitative estimate of drug-likeness (QED) is 0.822. The molecule has 0 spiro atoms. The number of nitrogens with two attached hydrogens (primary N) is 1. The van der Waals surface area contributed by atoms with Crippen LogP contribution in [0.3, 0.4) is 0 Å². The summed E-state index contributed by atoms with van der Waals surface area (Å²) in [6.45, 7) is 0. The number of hydrogen-bond donors (Lipinski definition) is 2. The van der Waals surface area contributed by atoms with Crippen molar-refractivity contribution in [3.63, 3.8) is 0 Å². The van der Waals surface area contributed by atoms with Crippen molar-refractivity contribution in [2.75, 3.05) is 10.5 Å². The predicted octanol–water partition coefficient (Wildman–Crippen LogP) is 2.88. The standard InChI is InChI=1S/C11H9BrClN3O2S/c12-8-2-1-5-15-11(8)16-19(17,18)7-3-4-9(13)10(14)6-7/h1-6H,14H2,(H,15,16). The van der Waals surface area contributed by atoms with E-state index < -0.39 is 10.0 Å². The van der Waals surface area contributed by atoms with E-state index in [1.54, 1.807) is 12.1 Å². The van der Waals surface area contributed by atoms with E-state index in [2.05, 4.69) is 25.6 Å². The minimum absolute atomic E-state index is 0.0203. The molecule has 1 aromatic carbocycles. The van der Waals surface area contributed by atoms with Crippen LogP contribution in [0.25, 0.3) is 0 Å². The van der Waals surface area contributed by atoms with Crippen molar-refractivity contribution < 1.29 is 8.42 Å². The van der Waals surface area contributed by atoms with Gasteiger partial charge in [-0.1, -0.05) is 11.6 Å². The molecule has 3 N–H and O–H groups in total. The minimum atomic E-state index is -3.76. The molecule has 2 aromatic rings. The lowest BCUT2D eigenvalue weighted by Crippen LogP contribution is -2.14. The van der Waals surface area contributed by atoms with Crippen LogP contribution < -0.4 is 10.5 Å². The maximum Gasteiger partial charge on any atom is 0.263 e. The van der Waals surface area contributed by atoms with Crippen LogP contribution in [-0.4, -0.2) is 13.4 Å². The van der Waals surface area contributed by atoms with Gasteiger partial charge in [-0.05, 0) is 46.3 Å². The number of halogens is 2. The molecule has 0 aliphatic rings. The molecule has 19 heavy (non-hydrogen) atoms. The number of hydrogen-bond acceptors (Lipinski definition) is 4.